The number of fused-ring (bicyclic) bond motifs is 1. The second kappa shape index (κ2) is 5.28. The van der Waals surface area contributed by atoms with E-state index in [1.165, 1.54) is 19.3 Å². The predicted octanol–water partition coefficient (Wildman–Crippen LogP) is 4.71. The van der Waals surface area contributed by atoms with Gasteiger partial charge in [-0.2, -0.15) is 0 Å². The Labute approximate surface area is 124 Å². The van der Waals surface area contributed by atoms with Crippen molar-refractivity contribution in [2.75, 3.05) is 7.11 Å². The van der Waals surface area contributed by atoms with Gasteiger partial charge in [-0.15, -0.1) is 11.6 Å². The van der Waals surface area contributed by atoms with Crippen LogP contribution in [0.5, 0.6) is 5.75 Å². The molecule has 0 amide bonds. The number of aromatic nitrogens is 2. The third-order valence-corrected chi connectivity index (χ3v) is 4.51. The number of hydrogen-bond donors (Lipinski definition) is 0. The van der Waals surface area contributed by atoms with Gasteiger partial charge in [-0.05, 0) is 44.2 Å². The van der Waals surface area contributed by atoms with Gasteiger partial charge in [-0.3, -0.25) is 0 Å². The second-order valence-electron chi connectivity index (χ2n) is 5.88. The van der Waals surface area contributed by atoms with Gasteiger partial charge in [0.2, 0.25) is 0 Å². The van der Waals surface area contributed by atoms with Gasteiger partial charge in [0.05, 0.1) is 23.5 Å². The van der Waals surface area contributed by atoms with E-state index in [-0.39, 0.29) is 5.38 Å². The average Bonchev–Trinajstić information content (AvgIpc) is 3.00. The summed E-state index contributed by atoms with van der Waals surface area (Å²) in [6.45, 7) is 4.32. The van der Waals surface area contributed by atoms with Crippen molar-refractivity contribution in [3.8, 4) is 5.75 Å². The second-order valence-corrected chi connectivity index (χ2v) is 6.54. The van der Waals surface area contributed by atoms with Crippen LogP contribution in [0.4, 0.5) is 0 Å². The molecule has 3 atom stereocenters. The van der Waals surface area contributed by atoms with Gasteiger partial charge in [0.15, 0.2) is 0 Å². The van der Waals surface area contributed by atoms with Crippen molar-refractivity contribution in [1.29, 1.82) is 0 Å². The Bertz CT molecular complexity index is 620. The van der Waals surface area contributed by atoms with Crippen LogP contribution in [0, 0.1) is 5.92 Å². The Hall–Kier alpha value is -1.22. The number of benzene rings is 1. The number of rotatable bonds is 3. The molecule has 1 aromatic carbocycles. The maximum Gasteiger partial charge on any atom is 0.127 e. The van der Waals surface area contributed by atoms with Crippen LogP contribution in [0.3, 0.4) is 0 Å². The molecule has 1 heterocycles. The molecule has 3 unspecified atom stereocenters. The van der Waals surface area contributed by atoms with Gasteiger partial charge in [-0.25, -0.2) is 4.98 Å². The average molecular weight is 293 g/mol. The Morgan fingerprint density at radius 2 is 2.20 bits per heavy atom. The lowest BCUT2D eigenvalue weighted by Gasteiger charge is -2.18. The maximum atomic E-state index is 6.35. The summed E-state index contributed by atoms with van der Waals surface area (Å²) in [4.78, 5) is 4.73. The molecule has 1 fully saturated rings. The molecule has 1 aromatic heterocycles. The van der Waals surface area contributed by atoms with Gasteiger partial charge < -0.3 is 9.30 Å². The quantitative estimate of drug-likeness (QED) is 0.766. The minimum absolute atomic E-state index is 0.0794. The van der Waals surface area contributed by atoms with E-state index in [9.17, 15) is 0 Å². The van der Waals surface area contributed by atoms with Crippen LogP contribution in [-0.2, 0) is 0 Å². The topological polar surface area (TPSA) is 27.1 Å². The number of halogens is 1. The van der Waals surface area contributed by atoms with Crippen LogP contribution in [0.25, 0.3) is 11.0 Å². The molecule has 2 aromatic rings. The maximum absolute atomic E-state index is 6.35. The monoisotopic (exact) mass is 292 g/mol. The largest absolute Gasteiger partial charge is 0.497 e. The molecule has 4 heteroatoms. The smallest absolute Gasteiger partial charge is 0.127 e. The molecule has 0 spiro atoms. The zero-order valence-corrected chi connectivity index (χ0v) is 13.0. The molecule has 1 saturated carbocycles. The number of imidazole rings is 1. The summed E-state index contributed by atoms with van der Waals surface area (Å²) < 4.78 is 7.70. The van der Waals surface area contributed by atoms with E-state index in [0.29, 0.717) is 6.04 Å². The van der Waals surface area contributed by atoms with Gasteiger partial charge in [0.1, 0.15) is 11.6 Å². The SMILES string of the molecule is COc1ccc2nc(C(C)Cl)n(C3CCC(C)C3)c2c1. The van der Waals surface area contributed by atoms with E-state index < -0.39 is 0 Å². The Morgan fingerprint density at radius 1 is 1.40 bits per heavy atom. The van der Waals surface area contributed by atoms with Crippen molar-refractivity contribution in [2.45, 2.75) is 44.5 Å². The summed E-state index contributed by atoms with van der Waals surface area (Å²) in [5.41, 5.74) is 2.15. The lowest BCUT2D eigenvalue weighted by atomic mass is 10.1. The third-order valence-electron chi connectivity index (χ3n) is 4.31. The molecule has 108 valence electrons. The predicted molar refractivity (Wildman–Crippen MR) is 82.6 cm³/mol. The number of methoxy groups -OCH3 is 1. The number of nitrogens with zero attached hydrogens (tertiary/aromatic N) is 2. The fourth-order valence-corrected chi connectivity index (χ4v) is 3.45. The van der Waals surface area contributed by atoms with E-state index in [2.05, 4.69) is 17.6 Å². The van der Waals surface area contributed by atoms with Crippen molar-refractivity contribution in [3.05, 3.63) is 24.0 Å². The van der Waals surface area contributed by atoms with Crippen LogP contribution in [0.15, 0.2) is 18.2 Å². The first-order valence-electron chi connectivity index (χ1n) is 7.30. The van der Waals surface area contributed by atoms with E-state index in [1.807, 2.05) is 19.1 Å². The molecule has 3 nitrogen and oxygen atoms in total. The molecule has 1 aliphatic carbocycles. The summed E-state index contributed by atoms with van der Waals surface area (Å²) >= 11 is 6.35. The van der Waals surface area contributed by atoms with Crippen LogP contribution in [0.1, 0.15) is 50.4 Å². The van der Waals surface area contributed by atoms with Crippen LogP contribution in [0.2, 0.25) is 0 Å². The molecule has 0 aliphatic heterocycles. The fourth-order valence-electron chi connectivity index (χ4n) is 3.29. The highest BCUT2D eigenvalue weighted by Gasteiger charge is 2.27. The van der Waals surface area contributed by atoms with Crippen molar-refractivity contribution < 1.29 is 4.74 Å². The van der Waals surface area contributed by atoms with E-state index in [4.69, 9.17) is 21.3 Å². The van der Waals surface area contributed by atoms with Crippen LogP contribution in [-0.4, -0.2) is 16.7 Å². The lowest BCUT2D eigenvalue weighted by Crippen LogP contribution is -2.10. The van der Waals surface area contributed by atoms with Crippen LogP contribution < -0.4 is 4.74 Å². The summed E-state index contributed by atoms with van der Waals surface area (Å²) in [7, 11) is 1.70. The van der Waals surface area contributed by atoms with Crippen molar-refractivity contribution in [3.63, 3.8) is 0 Å². The van der Waals surface area contributed by atoms with Crippen molar-refractivity contribution in [2.24, 2.45) is 5.92 Å². The van der Waals surface area contributed by atoms with Gasteiger partial charge in [0.25, 0.3) is 0 Å². The van der Waals surface area contributed by atoms with Gasteiger partial charge in [0, 0.05) is 12.1 Å². The number of alkyl halides is 1. The van der Waals surface area contributed by atoms with E-state index in [0.717, 1.165) is 28.5 Å². The summed E-state index contributed by atoms with van der Waals surface area (Å²) in [5.74, 6) is 2.63. The standard InChI is InChI=1S/C16H21ClN2O/c1-10-4-5-12(8-10)19-15-9-13(20-3)6-7-14(15)18-16(19)11(2)17/h6-7,9-12H,4-5,8H2,1-3H3. The Kier molecular flexibility index (Phi) is 3.63. The minimum atomic E-state index is -0.0794. The molecule has 20 heavy (non-hydrogen) atoms. The first-order chi connectivity index (χ1) is 9.60. The molecule has 1 aliphatic rings. The Balaban J connectivity index is 2.16. The van der Waals surface area contributed by atoms with Gasteiger partial charge >= 0.3 is 0 Å². The zero-order valence-electron chi connectivity index (χ0n) is 12.3. The zero-order chi connectivity index (χ0) is 14.3. The summed E-state index contributed by atoms with van der Waals surface area (Å²) in [6.07, 6.45) is 3.70. The van der Waals surface area contributed by atoms with Crippen molar-refractivity contribution >= 4 is 22.6 Å². The lowest BCUT2D eigenvalue weighted by molar-refractivity contribution is 0.414. The molecule has 0 saturated heterocycles. The van der Waals surface area contributed by atoms with Gasteiger partial charge in [-0.1, -0.05) is 6.92 Å². The molecular weight excluding hydrogens is 272 g/mol. The Morgan fingerprint density at radius 3 is 2.80 bits per heavy atom. The van der Waals surface area contributed by atoms with E-state index in [1.54, 1.807) is 7.11 Å². The fraction of sp³-hybridized carbons (Fsp3) is 0.562. The number of hydrogen-bond acceptors (Lipinski definition) is 2. The summed E-state index contributed by atoms with van der Waals surface area (Å²) in [5, 5.41) is -0.0794. The molecule has 3 rings (SSSR count). The highest BCUT2D eigenvalue weighted by molar-refractivity contribution is 6.20. The molecule has 0 N–H and O–H groups in total. The third kappa shape index (κ3) is 2.28. The molecule has 0 radical (unpaired) electrons. The normalized spacial score (nSPS) is 24.2. The highest BCUT2D eigenvalue weighted by Crippen LogP contribution is 2.39. The van der Waals surface area contributed by atoms with Crippen molar-refractivity contribution in [1.82, 2.24) is 9.55 Å². The molecular formula is C16H21ClN2O. The minimum Gasteiger partial charge on any atom is -0.497 e. The first kappa shape index (κ1) is 13.7. The molecule has 0 bridgehead atoms. The summed E-state index contributed by atoms with van der Waals surface area (Å²) in [6, 6.07) is 6.57. The van der Waals surface area contributed by atoms with E-state index >= 15 is 0 Å². The highest BCUT2D eigenvalue weighted by atomic mass is 35.5. The van der Waals surface area contributed by atoms with Crippen LogP contribution >= 0.6 is 11.6 Å². The number of ether oxygens (including phenoxy) is 1. The first-order valence-corrected chi connectivity index (χ1v) is 7.73.